The van der Waals surface area contributed by atoms with Crippen LogP contribution in [-0.4, -0.2) is 62.3 Å². The zero-order valence-corrected chi connectivity index (χ0v) is 19.9. The molecule has 1 aliphatic carbocycles. The molecule has 0 aromatic carbocycles. The molecule has 180 valence electrons. The van der Waals surface area contributed by atoms with Crippen LogP contribution in [0.15, 0.2) is 18.5 Å². The first-order valence-corrected chi connectivity index (χ1v) is 12.2. The lowest BCUT2D eigenvalue weighted by atomic mass is 9.77. The second-order valence-electron chi connectivity index (χ2n) is 9.40. The van der Waals surface area contributed by atoms with E-state index in [9.17, 15) is 9.18 Å². The van der Waals surface area contributed by atoms with Gasteiger partial charge in [0.05, 0.1) is 28.4 Å². The monoisotopic (exact) mass is 486 g/mol. The van der Waals surface area contributed by atoms with Crippen molar-refractivity contribution in [1.29, 1.82) is 0 Å². The number of amides is 1. The smallest absolute Gasteiger partial charge is 0.222 e. The SMILES string of the molecule is COC1CCN(C(=O)C[C@@H]2CCC[C@H](Cc3nc(-c4[nH]nc5ncc(Cl)cc45)ncc3F)C2)C1. The summed E-state index contributed by atoms with van der Waals surface area (Å²) in [5.74, 6) is 0.765. The summed E-state index contributed by atoms with van der Waals surface area (Å²) in [5, 5.41) is 8.24. The van der Waals surface area contributed by atoms with Gasteiger partial charge < -0.3 is 9.64 Å². The van der Waals surface area contributed by atoms with Crippen LogP contribution in [0.25, 0.3) is 22.6 Å². The number of nitrogens with zero attached hydrogens (tertiary/aromatic N) is 5. The summed E-state index contributed by atoms with van der Waals surface area (Å²) >= 11 is 6.09. The third-order valence-electron chi connectivity index (χ3n) is 7.08. The van der Waals surface area contributed by atoms with Crippen molar-refractivity contribution in [2.45, 2.75) is 51.0 Å². The summed E-state index contributed by atoms with van der Waals surface area (Å²) < 4.78 is 20.1. The van der Waals surface area contributed by atoms with Crippen LogP contribution in [0, 0.1) is 17.7 Å². The van der Waals surface area contributed by atoms with Crippen molar-refractivity contribution >= 4 is 28.5 Å². The lowest BCUT2D eigenvalue weighted by Crippen LogP contribution is -2.32. The van der Waals surface area contributed by atoms with Crippen LogP contribution in [0.2, 0.25) is 5.02 Å². The lowest BCUT2D eigenvalue weighted by Gasteiger charge is -2.30. The maximum absolute atomic E-state index is 14.7. The van der Waals surface area contributed by atoms with Crippen LogP contribution in [0.4, 0.5) is 4.39 Å². The molecular weight excluding hydrogens is 459 g/mol. The van der Waals surface area contributed by atoms with E-state index in [-0.39, 0.29) is 17.9 Å². The fourth-order valence-electron chi connectivity index (χ4n) is 5.28. The summed E-state index contributed by atoms with van der Waals surface area (Å²) in [7, 11) is 1.70. The number of rotatable bonds is 6. The van der Waals surface area contributed by atoms with Gasteiger partial charge in [-0.3, -0.25) is 9.89 Å². The number of aromatic nitrogens is 5. The Bertz CT molecular complexity index is 1190. The van der Waals surface area contributed by atoms with E-state index in [0.29, 0.717) is 58.6 Å². The minimum atomic E-state index is -0.412. The van der Waals surface area contributed by atoms with Crippen molar-refractivity contribution in [1.82, 2.24) is 30.0 Å². The van der Waals surface area contributed by atoms with E-state index in [1.165, 1.54) is 12.4 Å². The number of fused-ring (bicyclic) bond motifs is 1. The Kier molecular flexibility index (Phi) is 6.74. The topological polar surface area (TPSA) is 96.9 Å². The van der Waals surface area contributed by atoms with Crippen LogP contribution < -0.4 is 0 Å². The van der Waals surface area contributed by atoms with E-state index in [0.717, 1.165) is 38.6 Å². The molecule has 1 saturated carbocycles. The number of ether oxygens (including phenoxy) is 1. The highest BCUT2D eigenvalue weighted by Crippen LogP contribution is 2.34. The molecule has 0 radical (unpaired) electrons. The van der Waals surface area contributed by atoms with Crippen LogP contribution in [0.5, 0.6) is 0 Å². The average molecular weight is 487 g/mol. The number of nitrogens with one attached hydrogen (secondary N) is 1. The molecule has 3 aromatic rings. The Morgan fingerprint density at radius 2 is 2.12 bits per heavy atom. The van der Waals surface area contributed by atoms with Gasteiger partial charge in [0.25, 0.3) is 0 Å². The number of H-pyrrole nitrogens is 1. The Morgan fingerprint density at radius 3 is 2.94 bits per heavy atom. The number of hydrogen-bond acceptors (Lipinski definition) is 6. The Labute approximate surface area is 202 Å². The maximum Gasteiger partial charge on any atom is 0.222 e. The van der Waals surface area contributed by atoms with E-state index >= 15 is 0 Å². The van der Waals surface area contributed by atoms with Gasteiger partial charge in [-0.1, -0.05) is 24.4 Å². The maximum atomic E-state index is 14.7. The van der Waals surface area contributed by atoms with Gasteiger partial charge in [-0.25, -0.2) is 19.3 Å². The van der Waals surface area contributed by atoms with Crippen LogP contribution in [-0.2, 0) is 16.0 Å². The predicted octanol–water partition coefficient (Wildman–Crippen LogP) is 4.19. The summed E-state index contributed by atoms with van der Waals surface area (Å²) in [4.78, 5) is 27.6. The average Bonchev–Trinajstić information content (AvgIpc) is 3.48. The van der Waals surface area contributed by atoms with Crippen LogP contribution in [0.3, 0.4) is 0 Å². The first kappa shape index (κ1) is 23.1. The predicted molar refractivity (Wildman–Crippen MR) is 126 cm³/mol. The van der Waals surface area contributed by atoms with Crippen molar-refractivity contribution in [3.05, 3.63) is 35.0 Å². The number of carbonyl (C=O) groups is 1. The Balaban J connectivity index is 1.27. The van der Waals surface area contributed by atoms with Gasteiger partial charge in [0.1, 0.15) is 5.69 Å². The molecule has 5 rings (SSSR count). The highest BCUT2D eigenvalue weighted by molar-refractivity contribution is 6.31. The van der Waals surface area contributed by atoms with Crippen LogP contribution in [0.1, 0.15) is 44.2 Å². The van der Waals surface area contributed by atoms with E-state index in [2.05, 4.69) is 25.1 Å². The first-order valence-electron chi connectivity index (χ1n) is 11.8. The minimum Gasteiger partial charge on any atom is -0.380 e. The fourth-order valence-corrected chi connectivity index (χ4v) is 5.44. The standard InChI is InChI=1S/C24H28ClFN6O2/c1-34-17-5-6-32(13-17)21(33)9-15-4-2-3-14(7-15)8-20-19(26)12-28-24(29-20)22-18-10-16(25)11-27-23(18)31-30-22/h10-12,14-15,17H,2-9,13H2,1H3,(H,27,30,31)/t14-,15+,17?/m0/s1. The Hall–Kier alpha value is -2.65. The number of hydrogen-bond donors (Lipinski definition) is 1. The molecule has 1 N–H and O–H groups in total. The van der Waals surface area contributed by atoms with Crippen molar-refractivity contribution in [3.8, 4) is 11.5 Å². The second-order valence-corrected chi connectivity index (χ2v) is 9.84. The number of pyridine rings is 1. The van der Waals surface area contributed by atoms with Crippen LogP contribution >= 0.6 is 11.6 Å². The number of carbonyl (C=O) groups excluding carboxylic acids is 1. The summed E-state index contributed by atoms with van der Waals surface area (Å²) in [5.41, 5.74) is 1.46. The van der Waals surface area contributed by atoms with Gasteiger partial charge in [-0.15, -0.1) is 0 Å². The molecule has 2 fully saturated rings. The van der Waals surface area contributed by atoms with Crippen molar-refractivity contribution in [2.75, 3.05) is 20.2 Å². The van der Waals surface area contributed by atoms with E-state index < -0.39 is 5.82 Å². The van der Waals surface area contributed by atoms with Gasteiger partial charge >= 0.3 is 0 Å². The van der Waals surface area contributed by atoms with Gasteiger partial charge in [-0.2, -0.15) is 5.10 Å². The van der Waals surface area contributed by atoms with Crippen molar-refractivity contribution in [3.63, 3.8) is 0 Å². The molecule has 1 amide bonds. The van der Waals surface area contributed by atoms with Gasteiger partial charge in [0, 0.05) is 32.8 Å². The number of likely N-dealkylation sites (tertiary alicyclic amines) is 1. The van der Waals surface area contributed by atoms with E-state index in [4.69, 9.17) is 16.3 Å². The molecule has 1 saturated heterocycles. The summed E-state index contributed by atoms with van der Waals surface area (Å²) in [6.07, 6.45) is 8.85. The highest BCUT2D eigenvalue weighted by atomic mass is 35.5. The third kappa shape index (κ3) is 4.90. The lowest BCUT2D eigenvalue weighted by molar-refractivity contribution is -0.132. The molecule has 1 unspecified atom stereocenters. The van der Waals surface area contributed by atoms with Gasteiger partial charge in [0.2, 0.25) is 5.91 Å². The first-order chi connectivity index (χ1) is 16.5. The quantitative estimate of drug-likeness (QED) is 0.561. The second kappa shape index (κ2) is 9.92. The normalized spacial score (nSPS) is 23.0. The molecule has 34 heavy (non-hydrogen) atoms. The minimum absolute atomic E-state index is 0.150. The largest absolute Gasteiger partial charge is 0.380 e. The molecule has 1 aliphatic heterocycles. The molecule has 10 heteroatoms. The molecule has 8 nitrogen and oxygen atoms in total. The zero-order valence-electron chi connectivity index (χ0n) is 19.1. The molecule has 4 heterocycles. The molecular formula is C24H28ClFN6O2. The molecule has 2 aliphatic rings. The number of halogens is 2. The highest BCUT2D eigenvalue weighted by Gasteiger charge is 2.30. The summed E-state index contributed by atoms with van der Waals surface area (Å²) in [6, 6.07) is 1.74. The summed E-state index contributed by atoms with van der Waals surface area (Å²) in [6.45, 7) is 1.45. The van der Waals surface area contributed by atoms with E-state index in [1.807, 2.05) is 4.90 Å². The Morgan fingerprint density at radius 1 is 1.26 bits per heavy atom. The van der Waals surface area contributed by atoms with Gasteiger partial charge in [0.15, 0.2) is 17.3 Å². The molecule has 0 spiro atoms. The van der Waals surface area contributed by atoms with Gasteiger partial charge in [-0.05, 0) is 43.6 Å². The van der Waals surface area contributed by atoms with Crippen molar-refractivity contribution < 1.29 is 13.9 Å². The fraction of sp³-hybridized carbons (Fsp3) is 0.542. The zero-order chi connectivity index (χ0) is 23.7. The number of methoxy groups -OCH3 is 1. The molecule has 3 atom stereocenters. The number of aromatic amines is 1. The van der Waals surface area contributed by atoms with Crippen molar-refractivity contribution in [2.24, 2.45) is 11.8 Å². The van der Waals surface area contributed by atoms with E-state index in [1.54, 1.807) is 13.2 Å². The third-order valence-corrected chi connectivity index (χ3v) is 7.29. The molecule has 0 bridgehead atoms. The molecule has 3 aromatic heterocycles.